The quantitative estimate of drug-likeness (QED) is 0.648. The molecular weight excluding hydrogens is 322 g/mol. The number of nitrogens with two attached hydrogens (primary N) is 1. The molecule has 1 saturated heterocycles. The van der Waals surface area contributed by atoms with Crippen molar-refractivity contribution in [1.29, 1.82) is 0 Å². The van der Waals surface area contributed by atoms with E-state index in [-0.39, 0.29) is 24.0 Å². The van der Waals surface area contributed by atoms with E-state index in [9.17, 15) is 4.79 Å². The van der Waals surface area contributed by atoms with E-state index in [4.69, 9.17) is 5.73 Å². The first kappa shape index (κ1) is 17.0. The summed E-state index contributed by atoms with van der Waals surface area (Å²) in [7, 11) is 0. The lowest BCUT2D eigenvalue weighted by Gasteiger charge is -2.20. The van der Waals surface area contributed by atoms with Crippen LogP contribution in [0.4, 0.5) is 0 Å². The van der Waals surface area contributed by atoms with Crippen LogP contribution in [0.2, 0.25) is 0 Å². The fourth-order valence-electron chi connectivity index (χ4n) is 2.93. The highest BCUT2D eigenvalue weighted by molar-refractivity contribution is 7.11. The molecule has 3 rings (SSSR count). The fraction of sp³-hybridized carbons (Fsp3) is 0.412. The van der Waals surface area contributed by atoms with Crippen molar-refractivity contribution in [3.05, 3.63) is 51.5 Å². The van der Waals surface area contributed by atoms with Gasteiger partial charge < -0.3 is 11.1 Å². The van der Waals surface area contributed by atoms with Gasteiger partial charge in [0.25, 0.3) is 0 Å². The van der Waals surface area contributed by atoms with Crippen LogP contribution in [0.5, 0.6) is 0 Å². The number of aromatic nitrogens is 1. The Kier molecular flexibility index (Phi) is 5.25. The molecule has 3 unspecified atom stereocenters. The minimum absolute atomic E-state index is 0.0469. The number of hydrogen-bond donors (Lipinski definition) is 4. The molecule has 1 aromatic heterocycles. The average molecular weight is 345 g/mol. The summed E-state index contributed by atoms with van der Waals surface area (Å²) in [4.78, 5) is 18.3. The molecule has 0 aliphatic carbocycles. The maximum Gasteiger partial charge on any atom is 0.239 e. The van der Waals surface area contributed by atoms with Crippen molar-refractivity contribution in [3.8, 4) is 0 Å². The maximum atomic E-state index is 12.6. The van der Waals surface area contributed by atoms with Gasteiger partial charge >= 0.3 is 0 Å². The number of hydrazine groups is 1. The second kappa shape index (κ2) is 7.40. The lowest BCUT2D eigenvalue weighted by molar-refractivity contribution is -0.123. The predicted octanol–water partition coefficient (Wildman–Crippen LogP) is 0.964. The average Bonchev–Trinajstić information content (AvgIpc) is 3.11. The Balaban J connectivity index is 1.59. The summed E-state index contributed by atoms with van der Waals surface area (Å²) < 4.78 is 0. The Morgan fingerprint density at radius 1 is 1.29 bits per heavy atom. The second-order valence-electron chi connectivity index (χ2n) is 6.02. The summed E-state index contributed by atoms with van der Waals surface area (Å²) in [6.45, 7) is 4.64. The van der Waals surface area contributed by atoms with Gasteiger partial charge in [0.15, 0.2) is 0 Å². The summed E-state index contributed by atoms with van der Waals surface area (Å²) in [5.74, 6) is -0.148. The van der Waals surface area contributed by atoms with E-state index in [0.717, 1.165) is 22.7 Å². The molecule has 1 amide bonds. The zero-order valence-corrected chi connectivity index (χ0v) is 14.7. The largest absolute Gasteiger partial charge is 0.354 e. The number of benzene rings is 1. The summed E-state index contributed by atoms with van der Waals surface area (Å²) >= 11 is 1.69. The smallest absolute Gasteiger partial charge is 0.239 e. The van der Waals surface area contributed by atoms with Crippen LogP contribution < -0.4 is 21.9 Å². The lowest BCUT2D eigenvalue weighted by atomic mass is 9.90. The van der Waals surface area contributed by atoms with Crippen LogP contribution in [0.3, 0.4) is 0 Å². The molecule has 1 aromatic carbocycles. The van der Waals surface area contributed by atoms with Gasteiger partial charge in [-0.15, -0.1) is 11.3 Å². The third-order valence-electron chi connectivity index (χ3n) is 4.33. The van der Waals surface area contributed by atoms with Gasteiger partial charge in [0, 0.05) is 23.8 Å². The van der Waals surface area contributed by atoms with Gasteiger partial charge in [-0.25, -0.2) is 15.8 Å². The number of nitrogens with zero attached hydrogens (tertiary/aromatic N) is 1. The molecule has 3 atom stereocenters. The summed E-state index contributed by atoms with van der Waals surface area (Å²) in [6.07, 6.45) is 0.445. The highest BCUT2D eigenvalue weighted by atomic mass is 32.1. The van der Waals surface area contributed by atoms with E-state index in [0.29, 0.717) is 6.54 Å². The molecule has 0 radical (unpaired) electrons. The van der Waals surface area contributed by atoms with E-state index in [1.807, 2.05) is 37.3 Å². The van der Waals surface area contributed by atoms with Crippen LogP contribution in [0, 0.1) is 13.8 Å². The topological polar surface area (TPSA) is 92.1 Å². The summed E-state index contributed by atoms with van der Waals surface area (Å²) in [5.41, 5.74) is 14.2. The van der Waals surface area contributed by atoms with Crippen molar-refractivity contribution in [2.75, 3.05) is 6.54 Å². The van der Waals surface area contributed by atoms with E-state index < -0.39 is 0 Å². The highest BCUT2D eigenvalue weighted by Gasteiger charge is 2.39. The van der Waals surface area contributed by atoms with Crippen LogP contribution in [-0.2, 0) is 11.2 Å². The first-order valence-corrected chi connectivity index (χ1v) is 8.90. The highest BCUT2D eigenvalue weighted by Crippen LogP contribution is 2.25. The Hall–Kier alpha value is -1.80. The monoisotopic (exact) mass is 345 g/mol. The molecule has 5 N–H and O–H groups in total. The second-order valence-corrected chi connectivity index (χ2v) is 7.31. The molecule has 7 heteroatoms. The number of nitrogens with one attached hydrogen (secondary N) is 3. The number of amides is 1. The number of carbonyl (C=O) groups is 1. The van der Waals surface area contributed by atoms with E-state index >= 15 is 0 Å². The SMILES string of the molecule is Cc1nc(CCNC(=O)C2NNC(N)C2c2ccccc2)sc1C. The van der Waals surface area contributed by atoms with Crippen LogP contribution in [-0.4, -0.2) is 29.6 Å². The maximum absolute atomic E-state index is 12.6. The lowest BCUT2D eigenvalue weighted by Crippen LogP contribution is -2.45. The van der Waals surface area contributed by atoms with Crippen LogP contribution in [0.15, 0.2) is 30.3 Å². The van der Waals surface area contributed by atoms with E-state index in [1.54, 1.807) is 11.3 Å². The molecule has 0 spiro atoms. The van der Waals surface area contributed by atoms with Gasteiger partial charge in [-0.3, -0.25) is 4.79 Å². The zero-order chi connectivity index (χ0) is 17.1. The predicted molar refractivity (Wildman–Crippen MR) is 95.5 cm³/mol. The van der Waals surface area contributed by atoms with Crippen molar-refractivity contribution in [2.24, 2.45) is 5.73 Å². The molecule has 6 nitrogen and oxygen atoms in total. The Bertz CT molecular complexity index is 683. The molecule has 24 heavy (non-hydrogen) atoms. The van der Waals surface area contributed by atoms with Crippen molar-refractivity contribution in [3.63, 3.8) is 0 Å². The van der Waals surface area contributed by atoms with E-state index in [2.05, 4.69) is 28.1 Å². The first-order chi connectivity index (χ1) is 11.6. The van der Waals surface area contributed by atoms with E-state index in [1.165, 1.54) is 4.88 Å². The molecule has 128 valence electrons. The standard InChI is InChI=1S/C17H23N5OS/c1-10-11(2)24-13(20-10)8-9-19-17(23)15-14(16(18)22-21-15)12-6-4-3-5-7-12/h3-7,14-16,21-22H,8-9,18H2,1-2H3,(H,19,23). The molecule has 0 saturated carbocycles. The van der Waals surface area contributed by atoms with Crippen molar-refractivity contribution in [1.82, 2.24) is 21.2 Å². The van der Waals surface area contributed by atoms with Gasteiger partial charge in [0.1, 0.15) is 6.04 Å². The number of rotatable bonds is 5. The molecule has 1 aliphatic rings. The summed E-state index contributed by atoms with van der Waals surface area (Å²) in [6, 6.07) is 9.49. The normalized spacial score (nSPS) is 23.4. The van der Waals surface area contributed by atoms with Crippen molar-refractivity contribution < 1.29 is 4.79 Å². The van der Waals surface area contributed by atoms with Crippen molar-refractivity contribution >= 4 is 17.2 Å². The minimum Gasteiger partial charge on any atom is -0.354 e. The minimum atomic E-state index is -0.387. The molecular formula is C17H23N5OS. The van der Waals surface area contributed by atoms with Gasteiger partial charge in [0.05, 0.1) is 16.9 Å². The Morgan fingerprint density at radius 3 is 2.71 bits per heavy atom. The van der Waals surface area contributed by atoms with Gasteiger partial charge in [-0.1, -0.05) is 30.3 Å². The van der Waals surface area contributed by atoms with Gasteiger partial charge in [-0.2, -0.15) is 0 Å². The first-order valence-electron chi connectivity index (χ1n) is 8.08. The van der Waals surface area contributed by atoms with Crippen molar-refractivity contribution in [2.45, 2.75) is 38.4 Å². The third kappa shape index (κ3) is 3.64. The Labute approximate surface area is 145 Å². The van der Waals surface area contributed by atoms with Gasteiger partial charge in [0.2, 0.25) is 5.91 Å². The number of hydrogen-bond acceptors (Lipinski definition) is 6. The molecule has 2 heterocycles. The van der Waals surface area contributed by atoms with Crippen LogP contribution >= 0.6 is 11.3 Å². The number of carbonyl (C=O) groups excluding carboxylic acids is 1. The summed E-state index contributed by atoms with van der Waals surface area (Å²) in [5, 5.41) is 4.05. The molecule has 1 fully saturated rings. The third-order valence-corrected chi connectivity index (χ3v) is 5.46. The molecule has 0 bridgehead atoms. The fourth-order valence-corrected chi connectivity index (χ4v) is 3.86. The van der Waals surface area contributed by atoms with Crippen LogP contribution in [0.1, 0.15) is 27.1 Å². The number of aryl methyl sites for hydroxylation is 2. The van der Waals surface area contributed by atoms with Crippen LogP contribution in [0.25, 0.3) is 0 Å². The molecule has 1 aliphatic heterocycles. The zero-order valence-electron chi connectivity index (χ0n) is 13.9. The van der Waals surface area contributed by atoms with Gasteiger partial charge in [-0.05, 0) is 19.4 Å². The Morgan fingerprint density at radius 2 is 2.04 bits per heavy atom. The number of thiazole rings is 1. The molecule has 2 aromatic rings.